The van der Waals surface area contributed by atoms with E-state index in [0.29, 0.717) is 17.3 Å². The Bertz CT molecular complexity index is 420. The van der Waals surface area contributed by atoms with Crippen molar-refractivity contribution in [2.24, 2.45) is 0 Å². The molecule has 0 aliphatic rings. The number of methoxy groups -OCH3 is 1. The molecule has 0 spiro atoms. The molecule has 1 aromatic heterocycles. The number of ether oxygens (including phenoxy) is 1. The lowest BCUT2D eigenvalue weighted by molar-refractivity contribution is -0.141. The summed E-state index contributed by atoms with van der Waals surface area (Å²) in [5, 5.41) is 0.321. The van der Waals surface area contributed by atoms with Crippen LogP contribution in [0, 0.1) is 0 Å². The molecule has 0 bridgehead atoms. The highest BCUT2D eigenvalue weighted by atomic mass is 35.5. The van der Waals surface area contributed by atoms with Crippen LogP contribution >= 0.6 is 11.6 Å². The van der Waals surface area contributed by atoms with Gasteiger partial charge in [-0.15, -0.1) is 0 Å². The van der Waals surface area contributed by atoms with Crippen molar-refractivity contribution in [3.63, 3.8) is 0 Å². The van der Waals surface area contributed by atoms with Gasteiger partial charge < -0.3 is 9.64 Å². The summed E-state index contributed by atoms with van der Waals surface area (Å²) in [5.41, 5.74) is 0.400. The van der Waals surface area contributed by atoms with Gasteiger partial charge in [-0.1, -0.05) is 18.5 Å². The van der Waals surface area contributed by atoms with Crippen LogP contribution in [0.25, 0.3) is 0 Å². The average molecular weight is 271 g/mol. The molecule has 1 heterocycles. The minimum Gasteiger partial charge on any atom is -0.468 e. The van der Waals surface area contributed by atoms with Gasteiger partial charge in [-0.25, -0.2) is 4.98 Å². The molecule has 0 radical (unpaired) electrons. The van der Waals surface area contributed by atoms with E-state index in [0.717, 1.165) is 6.42 Å². The minimum absolute atomic E-state index is 0.0637. The Balaban J connectivity index is 2.81. The lowest BCUT2D eigenvalue weighted by Gasteiger charge is -2.20. The van der Waals surface area contributed by atoms with Crippen LogP contribution < -0.4 is 0 Å². The number of nitrogens with zero attached hydrogens (tertiary/aromatic N) is 2. The number of carbonyl (C=O) groups excluding carboxylic acids is 2. The highest BCUT2D eigenvalue weighted by molar-refractivity contribution is 6.29. The van der Waals surface area contributed by atoms with Crippen LogP contribution in [-0.4, -0.2) is 42.0 Å². The van der Waals surface area contributed by atoms with Gasteiger partial charge in [0, 0.05) is 12.7 Å². The average Bonchev–Trinajstić information content (AvgIpc) is 2.38. The molecular formula is C12H15ClN2O3. The Morgan fingerprint density at radius 3 is 2.67 bits per heavy atom. The first-order valence-electron chi connectivity index (χ1n) is 5.56. The molecule has 6 heteroatoms. The van der Waals surface area contributed by atoms with Gasteiger partial charge in [-0.2, -0.15) is 0 Å². The predicted molar refractivity (Wildman–Crippen MR) is 67.5 cm³/mol. The maximum atomic E-state index is 12.1. The van der Waals surface area contributed by atoms with Crippen LogP contribution in [0.2, 0.25) is 5.15 Å². The second-order valence-electron chi connectivity index (χ2n) is 3.67. The first kappa shape index (κ1) is 14.4. The van der Waals surface area contributed by atoms with Gasteiger partial charge >= 0.3 is 5.97 Å². The lowest BCUT2D eigenvalue weighted by Crippen LogP contribution is -2.36. The molecule has 0 aliphatic carbocycles. The third-order valence-corrected chi connectivity index (χ3v) is 2.53. The molecule has 98 valence electrons. The van der Waals surface area contributed by atoms with Gasteiger partial charge in [0.2, 0.25) is 0 Å². The molecule has 0 unspecified atom stereocenters. The molecule has 0 fully saturated rings. The molecule has 0 atom stereocenters. The summed E-state index contributed by atoms with van der Waals surface area (Å²) < 4.78 is 4.56. The monoisotopic (exact) mass is 270 g/mol. The number of pyridine rings is 1. The number of carbonyl (C=O) groups is 2. The van der Waals surface area contributed by atoms with Gasteiger partial charge in [0.15, 0.2) is 0 Å². The first-order valence-corrected chi connectivity index (χ1v) is 5.94. The number of aromatic nitrogens is 1. The van der Waals surface area contributed by atoms with Gasteiger partial charge in [0.05, 0.1) is 12.7 Å². The molecule has 18 heavy (non-hydrogen) atoms. The summed E-state index contributed by atoms with van der Waals surface area (Å²) in [5.74, 6) is -0.704. The van der Waals surface area contributed by atoms with Gasteiger partial charge in [0.25, 0.3) is 5.91 Å². The summed E-state index contributed by atoms with van der Waals surface area (Å²) in [6.07, 6.45) is 2.15. The van der Waals surface area contributed by atoms with E-state index in [1.54, 1.807) is 6.07 Å². The number of esters is 1. The summed E-state index contributed by atoms with van der Waals surface area (Å²) >= 11 is 5.65. The van der Waals surface area contributed by atoms with Crippen LogP contribution in [-0.2, 0) is 9.53 Å². The second kappa shape index (κ2) is 6.96. The Morgan fingerprint density at radius 1 is 1.44 bits per heavy atom. The van der Waals surface area contributed by atoms with E-state index in [1.807, 2.05) is 6.92 Å². The van der Waals surface area contributed by atoms with E-state index in [9.17, 15) is 9.59 Å². The number of amides is 1. The third kappa shape index (κ3) is 4.00. The Hall–Kier alpha value is -1.62. The fourth-order valence-corrected chi connectivity index (χ4v) is 1.54. The van der Waals surface area contributed by atoms with E-state index in [-0.39, 0.29) is 12.5 Å². The van der Waals surface area contributed by atoms with Crippen molar-refractivity contribution in [2.45, 2.75) is 13.3 Å². The van der Waals surface area contributed by atoms with Crippen molar-refractivity contribution in [1.82, 2.24) is 9.88 Å². The smallest absolute Gasteiger partial charge is 0.325 e. The number of hydrogen-bond acceptors (Lipinski definition) is 4. The Kier molecular flexibility index (Phi) is 5.58. The van der Waals surface area contributed by atoms with Gasteiger partial charge in [0.1, 0.15) is 11.7 Å². The maximum absolute atomic E-state index is 12.1. The van der Waals surface area contributed by atoms with E-state index < -0.39 is 5.97 Å². The van der Waals surface area contributed by atoms with Gasteiger partial charge in [-0.05, 0) is 18.6 Å². The maximum Gasteiger partial charge on any atom is 0.325 e. The third-order valence-electron chi connectivity index (χ3n) is 2.30. The zero-order chi connectivity index (χ0) is 13.5. The van der Waals surface area contributed by atoms with Crippen molar-refractivity contribution < 1.29 is 14.3 Å². The summed E-state index contributed by atoms with van der Waals surface area (Å²) in [4.78, 5) is 28.6. The normalized spacial score (nSPS) is 9.94. The highest BCUT2D eigenvalue weighted by Gasteiger charge is 2.18. The summed E-state index contributed by atoms with van der Waals surface area (Å²) in [7, 11) is 1.29. The summed E-state index contributed by atoms with van der Waals surface area (Å²) in [6.45, 7) is 2.35. The zero-order valence-electron chi connectivity index (χ0n) is 10.4. The van der Waals surface area contributed by atoms with Crippen molar-refractivity contribution in [3.8, 4) is 0 Å². The number of halogens is 1. The van der Waals surface area contributed by atoms with Crippen LogP contribution in [0.4, 0.5) is 0 Å². The SMILES string of the molecule is CCCN(CC(=O)OC)C(=O)c1ccc(Cl)nc1. The molecule has 1 rings (SSSR count). The Morgan fingerprint density at radius 2 is 2.17 bits per heavy atom. The van der Waals surface area contributed by atoms with E-state index in [4.69, 9.17) is 11.6 Å². The van der Waals surface area contributed by atoms with Crippen LogP contribution in [0.1, 0.15) is 23.7 Å². The first-order chi connectivity index (χ1) is 8.58. The van der Waals surface area contributed by atoms with Gasteiger partial charge in [-0.3, -0.25) is 9.59 Å². The zero-order valence-corrected chi connectivity index (χ0v) is 11.1. The van der Waals surface area contributed by atoms with Crippen molar-refractivity contribution >= 4 is 23.5 Å². The van der Waals surface area contributed by atoms with Crippen LogP contribution in [0.5, 0.6) is 0 Å². The van der Waals surface area contributed by atoms with E-state index in [1.165, 1.54) is 24.3 Å². The number of rotatable bonds is 5. The Labute approximate surface area is 111 Å². The standard InChI is InChI=1S/C12H15ClN2O3/c1-3-6-15(8-11(16)18-2)12(17)9-4-5-10(13)14-7-9/h4-5,7H,3,6,8H2,1-2H3. The van der Waals surface area contributed by atoms with Crippen molar-refractivity contribution in [2.75, 3.05) is 20.2 Å². The molecule has 0 aromatic carbocycles. The predicted octanol–water partition coefficient (Wildman–Crippen LogP) is 1.76. The van der Waals surface area contributed by atoms with E-state index >= 15 is 0 Å². The fourth-order valence-electron chi connectivity index (χ4n) is 1.43. The summed E-state index contributed by atoms with van der Waals surface area (Å²) in [6, 6.07) is 3.12. The quantitative estimate of drug-likeness (QED) is 0.604. The van der Waals surface area contributed by atoms with E-state index in [2.05, 4.69) is 9.72 Å². The molecule has 0 saturated heterocycles. The largest absolute Gasteiger partial charge is 0.468 e. The van der Waals surface area contributed by atoms with Crippen LogP contribution in [0.15, 0.2) is 18.3 Å². The topological polar surface area (TPSA) is 59.5 Å². The molecule has 0 N–H and O–H groups in total. The second-order valence-corrected chi connectivity index (χ2v) is 4.06. The molecule has 1 amide bonds. The van der Waals surface area contributed by atoms with Crippen LogP contribution in [0.3, 0.4) is 0 Å². The molecular weight excluding hydrogens is 256 g/mol. The molecule has 1 aromatic rings. The lowest BCUT2D eigenvalue weighted by atomic mass is 10.2. The van der Waals surface area contributed by atoms with Crippen molar-refractivity contribution in [3.05, 3.63) is 29.0 Å². The molecule has 0 aliphatic heterocycles. The fraction of sp³-hybridized carbons (Fsp3) is 0.417. The number of hydrogen-bond donors (Lipinski definition) is 0. The van der Waals surface area contributed by atoms with Crippen molar-refractivity contribution in [1.29, 1.82) is 0 Å². The molecule has 5 nitrogen and oxygen atoms in total. The molecule has 0 saturated carbocycles. The minimum atomic E-state index is -0.446. The highest BCUT2D eigenvalue weighted by Crippen LogP contribution is 2.08.